The van der Waals surface area contributed by atoms with Crippen LogP contribution in [0.1, 0.15) is 97.3 Å². The Morgan fingerprint density at radius 3 is 2.52 bits per heavy atom. The summed E-state index contributed by atoms with van der Waals surface area (Å²) in [6.45, 7) is 16.4. The van der Waals surface area contributed by atoms with Gasteiger partial charge in [0.1, 0.15) is 29.7 Å². The number of hydrogen-bond acceptors (Lipinski definition) is 8. The van der Waals surface area contributed by atoms with E-state index in [1.54, 1.807) is 30.5 Å². The molecule has 1 aromatic carbocycles. The molecule has 2 amide bonds. The Morgan fingerprint density at radius 1 is 1.11 bits per heavy atom. The van der Waals surface area contributed by atoms with E-state index in [-0.39, 0.29) is 41.4 Å². The first-order valence-corrected chi connectivity index (χ1v) is 23.4. The predicted molar refractivity (Wildman–Crippen MR) is 213 cm³/mol. The van der Waals surface area contributed by atoms with Crippen LogP contribution in [-0.2, 0) is 25.8 Å². The standard InChI is InChI=1S/C41H61N5O7Si/c1-9-29(47)13-11-10-12-14-33(44-38(49)32-25-41(32)16-19-45(20-17-41)39(50)53-40(2,3)4)36-43-26-34(46(36)27-52-21-22-54(6,7)8)31-23-28-15-18-42-37(48)30(28)24-35(31)51-5/h15,18,23-24,26,32-33H,9-14,16-17,19-22,25,27H2,1-8H3,(H,42,48)(H,44,49)/t32-,33+/m1/s1. The number of unbranched alkanes of at least 4 members (excludes halogenated alkanes) is 2. The van der Waals surface area contributed by atoms with Crippen LogP contribution in [0.25, 0.3) is 22.0 Å². The van der Waals surface area contributed by atoms with Gasteiger partial charge in [0.25, 0.3) is 5.56 Å². The van der Waals surface area contributed by atoms with Gasteiger partial charge in [-0.15, -0.1) is 0 Å². The van der Waals surface area contributed by atoms with Crippen molar-refractivity contribution in [3.63, 3.8) is 0 Å². The highest BCUT2D eigenvalue weighted by molar-refractivity contribution is 6.76. The number of H-pyrrole nitrogens is 1. The maximum atomic E-state index is 14.1. The van der Waals surface area contributed by atoms with Gasteiger partial charge in [0.2, 0.25) is 5.91 Å². The Balaban J connectivity index is 1.42. The van der Waals surface area contributed by atoms with Crippen molar-refractivity contribution in [2.45, 2.75) is 130 Å². The number of piperidine rings is 1. The molecule has 3 aromatic rings. The molecule has 2 aromatic heterocycles. The fourth-order valence-electron chi connectivity index (χ4n) is 7.43. The first-order valence-electron chi connectivity index (χ1n) is 19.7. The first-order chi connectivity index (χ1) is 25.5. The number of ketones is 1. The van der Waals surface area contributed by atoms with Crippen molar-refractivity contribution < 1.29 is 28.6 Å². The lowest BCUT2D eigenvalue weighted by molar-refractivity contribution is -0.124. The molecule has 2 N–H and O–H groups in total. The van der Waals surface area contributed by atoms with Gasteiger partial charge in [0.05, 0.1) is 30.4 Å². The van der Waals surface area contributed by atoms with Gasteiger partial charge in [-0.25, -0.2) is 9.78 Å². The average molecular weight is 764 g/mol. The molecule has 12 nitrogen and oxygen atoms in total. The number of Topliss-reactive ketones (excluding diaryl/α,β-unsaturated/α-hetero) is 1. The molecule has 1 aliphatic heterocycles. The number of aromatic nitrogens is 3. The molecule has 0 radical (unpaired) electrons. The summed E-state index contributed by atoms with van der Waals surface area (Å²) in [4.78, 5) is 61.0. The van der Waals surface area contributed by atoms with Gasteiger partial charge in [0.15, 0.2) is 0 Å². The lowest BCUT2D eigenvalue weighted by Gasteiger charge is -2.34. The Bertz CT molecular complexity index is 1850. The Labute approximate surface area is 320 Å². The normalized spacial score (nSPS) is 17.4. The monoisotopic (exact) mass is 763 g/mol. The minimum absolute atomic E-state index is 0.00476. The van der Waals surface area contributed by atoms with E-state index in [2.05, 4.69) is 29.9 Å². The molecule has 2 aliphatic rings. The number of nitrogens with one attached hydrogen (secondary N) is 2. The highest BCUT2D eigenvalue weighted by Gasteiger charge is 2.59. The van der Waals surface area contributed by atoms with Gasteiger partial charge >= 0.3 is 6.09 Å². The van der Waals surface area contributed by atoms with Crippen molar-refractivity contribution in [2.75, 3.05) is 26.8 Å². The molecule has 0 unspecified atom stereocenters. The van der Waals surface area contributed by atoms with Crippen molar-refractivity contribution in [1.29, 1.82) is 0 Å². The van der Waals surface area contributed by atoms with E-state index in [0.717, 1.165) is 61.2 Å². The summed E-state index contributed by atoms with van der Waals surface area (Å²) in [5.74, 6) is 1.35. The molecule has 3 heterocycles. The molecule has 1 spiro atoms. The SMILES string of the molecule is CCC(=O)CCCCC[C@H](NC(=O)[C@H]1CC12CCN(C(=O)OC(C)(C)C)CC2)c1ncc(-c2cc3cc[nH]c(=O)c3cc2OC)n1COCC[Si](C)(C)C. The van der Waals surface area contributed by atoms with Gasteiger partial charge in [-0.2, -0.15) is 0 Å². The summed E-state index contributed by atoms with van der Waals surface area (Å²) in [6, 6.07) is 6.16. The van der Waals surface area contributed by atoms with E-state index in [1.165, 1.54) is 0 Å². The smallest absolute Gasteiger partial charge is 0.410 e. The van der Waals surface area contributed by atoms with Gasteiger partial charge in [-0.05, 0) is 87.9 Å². The number of amides is 2. The van der Waals surface area contributed by atoms with E-state index >= 15 is 0 Å². The molecule has 1 saturated carbocycles. The average Bonchev–Trinajstić information content (AvgIpc) is 3.64. The predicted octanol–water partition coefficient (Wildman–Crippen LogP) is 7.84. The molecule has 2 atom stereocenters. The number of aromatic amines is 1. The molecule has 54 heavy (non-hydrogen) atoms. The Kier molecular flexibility index (Phi) is 13.1. The number of imidazole rings is 1. The minimum Gasteiger partial charge on any atom is -0.496 e. The van der Waals surface area contributed by atoms with Crippen molar-refractivity contribution >= 4 is 36.6 Å². The van der Waals surface area contributed by atoms with E-state index in [0.29, 0.717) is 55.9 Å². The van der Waals surface area contributed by atoms with Crippen molar-refractivity contribution in [3.05, 3.63) is 46.8 Å². The molecule has 296 valence electrons. The highest BCUT2D eigenvalue weighted by Crippen LogP contribution is 2.59. The zero-order valence-corrected chi connectivity index (χ0v) is 34.6. The van der Waals surface area contributed by atoms with E-state index in [4.69, 9.17) is 19.2 Å². The maximum Gasteiger partial charge on any atom is 0.410 e. The number of carbonyl (C=O) groups excluding carboxylic acids is 3. The third kappa shape index (κ3) is 10.4. The lowest BCUT2D eigenvalue weighted by Crippen LogP contribution is -2.43. The van der Waals surface area contributed by atoms with Gasteiger partial charge in [-0.1, -0.05) is 39.4 Å². The zero-order valence-electron chi connectivity index (χ0n) is 33.6. The van der Waals surface area contributed by atoms with Crippen molar-refractivity contribution in [2.24, 2.45) is 11.3 Å². The number of hydrogen-bond donors (Lipinski definition) is 2. The van der Waals surface area contributed by atoms with Crippen LogP contribution in [0, 0.1) is 11.3 Å². The largest absolute Gasteiger partial charge is 0.496 e. The van der Waals surface area contributed by atoms with Gasteiger partial charge in [-0.3, -0.25) is 14.4 Å². The Morgan fingerprint density at radius 2 is 1.85 bits per heavy atom. The highest BCUT2D eigenvalue weighted by atomic mass is 28.3. The van der Waals surface area contributed by atoms with Crippen LogP contribution >= 0.6 is 0 Å². The number of carbonyl (C=O) groups is 3. The molecular weight excluding hydrogens is 703 g/mol. The number of likely N-dealkylation sites (tertiary alicyclic amines) is 1. The number of rotatable bonds is 17. The first kappa shape index (κ1) is 41.2. The fourth-order valence-corrected chi connectivity index (χ4v) is 8.19. The molecule has 1 aliphatic carbocycles. The second-order valence-electron chi connectivity index (χ2n) is 17.4. The summed E-state index contributed by atoms with van der Waals surface area (Å²) in [5, 5.41) is 4.70. The number of methoxy groups -OCH3 is 1. The van der Waals surface area contributed by atoms with Crippen LogP contribution < -0.4 is 15.6 Å². The summed E-state index contributed by atoms with van der Waals surface area (Å²) < 4.78 is 19.8. The van der Waals surface area contributed by atoms with Crippen molar-refractivity contribution in [3.8, 4) is 17.0 Å². The quantitative estimate of drug-likeness (QED) is 0.105. The van der Waals surface area contributed by atoms with Crippen LogP contribution in [-0.4, -0.2) is 77.7 Å². The number of nitrogens with zero attached hydrogens (tertiary/aromatic N) is 3. The summed E-state index contributed by atoms with van der Waals surface area (Å²) >= 11 is 0. The number of pyridine rings is 1. The van der Waals surface area contributed by atoms with Gasteiger partial charge < -0.3 is 34.0 Å². The molecule has 13 heteroatoms. The third-order valence-corrected chi connectivity index (χ3v) is 12.6. The fraction of sp³-hybridized carbons (Fsp3) is 0.634. The van der Waals surface area contributed by atoms with Crippen LogP contribution in [0.5, 0.6) is 5.75 Å². The molecule has 0 bridgehead atoms. The third-order valence-electron chi connectivity index (χ3n) is 10.9. The van der Waals surface area contributed by atoms with Gasteiger partial charge in [0, 0.05) is 58.3 Å². The van der Waals surface area contributed by atoms with Crippen molar-refractivity contribution in [1.82, 2.24) is 24.8 Å². The second kappa shape index (κ2) is 17.2. The van der Waals surface area contributed by atoms with E-state index in [9.17, 15) is 19.2 Å². The van der Waals surface area contributed by atoms with Crippen LogP contribution in [0.15, 0.2) is 35.4 Å². The summed E-state index contributed by atoms with van der Waals surface area (Å²) in [5.41, 5.74) is 0.660. The van der Waals surface area contributed by atoms with Crippen LogP contribution in [0.4, 0.5) is 4.79 Å². The van der Waals surface area contributed by atoms with E-state index < -0.39 is 19.7 Å². The lowest BCUT2D eigenvalue weighted by atomic mass is 9.90. The number of ether oxygens (including phenoxy) is 3. The zero-order chi connectivity index (χ0) is 39.3. The molecule has 5 rings (SSSR count). The molecule has 2 fully saturated rings. The topological polar surface area (TPSA) is 145 Å². The number of benzene rings is 1. The molecule has 1 saturated heterocycles. The maximum absolute atomic E-state index is 14.1. The van der Waals surface area contributed by atoms with E-state index in [1.807, 2.05) is 44.4 Å². The second-order valence-corrected chi connectivity index (χ2v) is 23.0. The summed E-state index contributed by atoms with van der Waals surface area (Å²) in [6.07, 6.45) is 9.67. The minimum atomic E-state index is -1.36. The van der Waals surface area contributed by atoms with Crippen LogP contribution in [0.3, 0.4) is 0 Å². The molecular formula is C41H61N5O7Si. The Hall–Kier alpha value is -3.97. The van der Waals surface area contributed by atoms with Crippen LogP contribution in [0.2, 0.25) is 25.7 Å². The number of fused-ring (bicyclic) bond motifs is 1. The summed E-state index contributed by atoms with van der Waals surface area (Å²) in [7, 11) is 0.227.